The Morgan fingerprint density at radius 1 is 1.04 bits per heavy atom. The average Bonchev–Trinajstić information content (AvgIpc) is 2.87. The minimum Gasteiger partial charge on any atom is -0.456 e. The van der Waals surface area contributed by atoms with E-state index in [1.165, 1.54) is 5.56 Å². The minimum absolute atomic E-state index is 0.0289. The van der Waals surface area contributed by atoms with E-state index < -0.39 is 19.4 Å². The molecule has 1 unspecified atom stereocenters. The molecule has 0 saturated carbocycles. The first-order chi connectivity index (χ1) is 11.9. The molecular formula is C20H31O5P. The van der Waals surface area contributed by atoms with Gasteiger partial charge in [-0.05, 0) is 44.2 Å². The van der Waals surface area contributed by atoms with Crippen LogP contribution in [-0.2, 0) is 28.6 Å². The number of esters is 1. The molecule has 1 aliphatic heterocycles. The van der Waals surface area contributed by atoms with Gasteiger partial charge < -0.3 is 13.8 Å². The first-order valence-corrected chi connectivity index (χ1v) is 10.8. The summed E-state index contributed by atoms with van der Waals surface area (Å²) in [4.78, 5) is 12.0. The molecule has 5 nitrogen and oxygen atoms in total. The summed E-state index contributed by atoms with van der Waals surface area (Å²) in [5.41, 5.74) is 1.39. The van der Waals surface area contributed by atoms with Crippen LogP contribution in [0.15, 0.2) is 24.3 Å². The molecule has 2 atom stereocenters. The third-order valence-corrected chi connectivity index (χ3v) is 6.91. The van der Waals surface area contributed by atoms with Crippen LogP contribution >= 0.6 is 7.60 Å². The zero-order chi connectivity index (χ0) is 19.7. The number of cyclic esters (lactones) is 1. The van der Waals surface area contributed by atoms with E-state index >= 15 is 0 Å². The Kier molecular flexibility index (Phi) is 6.37. The van der Waals surface area contributed by atoms with Crippen molar-refractivity contribution in [2.75, 3.05) is 0 Å². The maximum Gasteiger partial charge on any atom is 0.338 e. The van der Waals surface area contributed by atoms with Crippen LogP contribution in [0.3, 0.4) is 0 Å². The van der Waals surface area contributed by atoms with Crippen LogP contribution in [0.2, 0.25) is 0 Å². The van der Waals surface area contributed by atoms with E-state index in [1.807, 2.05) is 24.3 Å². The monoisotopic (exact) mass is 382 g/mol. The van der Waals surface area contributed by atoms with Crippen molar-refractivity contribution in [3.8, 4) is 0 Å². The highest BCUT2D eigenvalue weighted by Gasteiger charge is 2.50. The molecular weight excluding hydrogens is 351 g/mol. The summed E-state index contributed by atoms with van der Waals surface area (Å²) in [6.45, 7) is 13.6. The van der Waals surface area contributed by atoms with Crippen LogP contribution in [0.1, 0.15) is 72.1 Å². The van der Waals surface area contributed by atoms with Gasteiger partial charge in [-0.25, -0.2) is 0 Å². The fourth-order valence-corrected chi connectivity index (χ4v) is 5.53. The predicted molar refractivity (Wildman–Crippen MR) is 102 cm³/mol. The molecule has 1 fully saturated rings. The Labute approximate surface area is 156 Å². The van der Waals surface area contributed by atoms with Gasteiger partial charge in [0.2, 0.25) is 0 Å². The van der Waals surface area contributed by atoms with Crippen molar-refractivity contribution in [2.24, 2.45) is 0 Å². The lowest BCUT2D eigenvalue weighted by atomic mass is 9.86. The Morgan fingerprint density at radius 2 is 1.54 bits per heavy atom. The molecule has 26 heavy (non-hydrogen) atoms. The molecule has 0 spiro atoms. The van der Waals surface area contributed by atoms with E-state index in [-0.39, 0.29) is 30.0 Å². The molecule has 1 saturated heterocycles. The van der Waals surface area contributed by atoms with Crippen molar-refractivity contribution in [2.45, 2.75) is 84.3 Å². The van der Waals surface area contributed by atoms with Gasteiger partial charge in [0.1, 0.15) is 11.8 Å². The van der Waals surface area contributed by atoms with Crippen molar-refractivity contribution in [1.82, 2.24) is 0 Å². The van der Waals surface area contributed by atoms with Gasteiger partial charge in [-0.1, -0.05) is 45.0 Å². The van der Waals surface area contributed by atoms with Crippen molar-refractivity contribution < 1.29 is 23.1 Å². The molecule has 0 N–H and O–H groups in total. The highest BCUT2D eigenvalue weighted by atomic mass is 31.2. The molecule has 1 aliphatic rings. The number of rotatable bonds is 6. The van der Waals surface area contributed by atoms with Crippen LogP contribution in [0.25, 0.3) is 0 Å². The summed E-state index contributed by atoms with van der Waals surface area (Å²) < 4.78 is 30.5. The summed E-state index contributed by atoms with van der Waals surface area (Å²) in [5, 5.41) is 0. The topological polar surface area (TPSA) is 61.8 Å². The standard InChI is InChI=1S/C20H31O5P/c1-13(2)24-26(22,25-14(3)4)17-12-18(21)23-19(17)15-8-10-16(11-9-15)20(5,6)7/h8-11,13-14,17,19H,12H2,1-7H3/t17?,19-/m0/s1. The first-order valence-electron chi connectivity index (χ1n) is 9.19. The maximum absolute atomic E-state index is 13.5. The Morgan fingerprint density at radius 3 is 1.96 bits per heavy atom. The SMILES string of the molecule is CC(C)OP(=O)(OC(C)C)C1CC(=O)O[C@H]1c1ccc(C(C)(C)C)cc1. The quantitative estimate of drug-likeness (QED) is 0.488. The van der Waals surface area contributed by atoms with Crippen molar-refractivity contribution in [3.05, 3.63) is 35.4 Å². The Bertz CT molecular complexity index is 658. The summed E-state index contributed by atoms with van der Waals surface area (Å²) in [6, 6.07) is 7.92. The number of hydrogen-bond acceptors (Lipinski definition) is 5. The van der Waals surface area contributed by atoms with Crippen molar-refractivity contribution >= 4 is 13.6 Å². The van der Waals surface area contributed by atoms with E-state index in [0.29, 0.717) is 0 Å². The molecule has 0 aromatic heterocycles. The van der Waals surface area contributed by atoms with Crippen molar-refractivity contribution in [1.29, 1.82) is 0 Å². The average molecular weight is 382 g/mol. The molecule has 1 aromatic carbocycles. The number of ether oxygens (including phenoxy) is 1. The van der Waals surface area contributed by atoms with E-state index in [4.69, 9.17) is 13.8 Å². The number of hydrogen-bond donors (Lipinski definition) is 0. The summed E-state index contributed by atoms with van der Waals surface area (Å²) in [5.74, 6) is -0.375. The van der Waals surface area contributed by atoms with Crippen LogP contribution in [0.5, 0.6) is 0 Å². The van der Waals surface area contributed by atoms with Gasteiger partial charge in [-0.15, -0.1) is 0 Å². The van der Waals surface area contributed by atoms with Gasteiger partial charge in [-0.2, -0.15) is 0 Å². The fraction of sp³-hybridized carbons (Fsp3) is 0.650. The van der Waals surface area contributed by atoms with Gasteiger partial charge in [0.25, 0.3) is 0 Å². The minimum atomic E-state index is -3.53. The summed E-state index contributed by atoms with van der Waals surface area (Å²) in [7, 11) is -3.53. The third-order valence-electron chi connectivity index (χ3n) is 4.21. The molecule has 6 heteroatoms. The lowest BCUT2D eigenvalue weighted by molar-refractivity contribution is -0.141. The Hall–Kier alpha value is -1.16. The van der Waals surface area contributed by atoms with Crippen LogP contribution < -0.4 is 0 Å². The molecule has 146 valence electrons. The van der Waals surface area contributed by atoms with Crippen LogP contribution in [-0.4, -0.2) is 23.8 Å². The number of benzene rings is 1. The maximum atomic E-state index is 13.5. The largest absolute Gasteiger partial charge is 0.456 e. The normalized spacial score (nSPS) is 21.5. The molecule has 0 aliphatic carbocycles. The fourth-order valence-electron chi connectivity index (χ4n) is 3.06. The third kappa shape index (κ3) is 4.97. The number of carbonyl (C=O) groups is 1. The van der Waals surface area contributed by atoms with Crippen molar-refractivity contribution in [3.63, 3.8) is 0 Å². The number of carbonyl (C=O) groups excluding carboxylic acids is 1. The highest BCUT2D eigenvalue weighted by molar-refractivity contribution is 7.54. The van der Waals surface area contributed by atoms with E-state index in [9.17, 15) is 9.36 Å². The molecule has 0 amide bonds. The van der Waals surface area contributed by atoms with Gasteiger partial charge in [0, 0.05) is 0 Å². The highest BCUT2D eigenvalue weighted by Crippen LogP contribution is 2.62. The molecule has 1 heterocycles. The predicted octanol–water partition coefficient (Wildman–Crippen LogP) is 5.38. The van der Waals surface area contributed by atoms with E-state index in [0.717, 1.165) is 5.56 Å². The summed E-state index contributed by atoms with van der Waals surface area (Å²) >= 11 is 0. The molecule has 2 rings (SSSR count). The zero-order valence-corrected chi connectivity index (χ0v) is 17.7. The smallest absolute Gasteiger partial charge is 0.338 e. The second kappa shape index (κ2) is 7.84. The second-order valence-corrected chi connectivity index (χ2v) is 10.6. The van der Waals surface area contributed by atoms with E-state index in [2.05, 4.69) is 20.8 Å². The van der Waals surface area contributed by atoms with Gasteiger partial charge >= 0.3 is 13.6 Å². The molecule has 1 aromatic rings. The van der Waals surface area contributed by atoms with E-state index in [1.54, 1.807) is 27.7 Å². The van der Waals surface area contributed by atoms with Gasteiger partial charge in [0.05, 0.1) is 18.6 Å². The lowest BCUT2D eigenvalue weighted by Gasteiger charge is -2.29. The lowest BCUT2D eigenvalue weighted by Crippen LogP contribution is -2.21. The molecule has 0 radical (unpaired) electrons. The first kappa shape index (κ1) is 21.1. The Balaban J connectivity index is 2.37. The molecule has 0 bridgehead atoms. The van der Waals surface area contributed by atoms with Crippen LogP contribution in [0, 0.1) is 0 Å². The summed E-state index contributed by atoms with van der Waals surface area (Å²) in [6.07, 6.45) is -1.15. The second-order valence-electron chi connectivity index (χ2n) is 8.40. The van der Waals surface area contributed by atoms with Gasteiger partial charge in [-0.3, -0.25) is 9.36 Å². The van der Waals surface area contributed by atoms with Gasteiger partial charge in [0.15, 0.2) is 0 Å². The zero-order valence-electron chi connectivity index (χ0n) is 16.8. The van der Waals surface area contributed by atoms with Crippen LogP contribution in [0.4, 0.5) is 0 Å².